The Morgan fingerprint density at radius 2 is 2.04 bits per heavy atom. The van der Waals surface area contributed by atoms with Gasteiger partial charge >= 0.3 is 6.18 Å². The molecule has 3 aliphatic heterocycles. The van der Waals surface area contributed by atoms with Gasteiger partial charge in [0.25, 0.3) is 0 Å². The van der Waals surface area contributed by atoms with Gasteiger partial charge in [-0.3, -0.25) is 0 Å². The molecule has 0 aromatic rings. The van der Waals surface area contributed by atoms with Crippen LogP contribution < -0.4 is 0 Å². The molecular formula is C16H23F3O5. The maximum atomic E-state index is 13.2. The van der Waals surface area contributed by atoms with Crippen molar-refractivity contribution in [2.45, 2.75) is 69.8 Å². The molecule has 0 radical (unpaired) electrons. The number of hydrogen-bond donors (Lipinski definition) is 1. The van der Waals surface area contributed by atoms with Crippen molar-refractivity contribution in [3.05, 3.63) is 11.8 Å². The standard InChI is InChI=1S/C16H23F3O5/c1-10-4-3-7-15-11(10)5-8-14(2,23-24-15)22-13(15)21-12(6-9-20)16(17,18)19/h6,10-11,13,20H,3-5,7-9H2,1-2H3/b12-6+/t10-,11?,13-,14+,15+/m1/s1. The van der Waals surface area contributed by atoms with Crippen molar-refractivity contribution in [2.24, 2.45) is 11.8 Å². The lowest BCUT2D eigenvalue weighted by atomic mass is 9.67. The molecule has 1 aliphatic carbocycles. The second kappa shape index (κ2) is 6.16. The zero-order valence-corrected chi connectivity index (χ0v) is 13.8. The first-order valence-corrected chi connectivity index (χ1v) is 8.30. The second-order valence-corrected chi connectivity index (χ2v) is 7.09. The summed E-state index contributed by atoms with van der Waals surface area (Å²) in [6, 6.07) is 0. The summed E-state index contributed by atoms with van der Waals surface area (Å²) in [5, 5.41) is 8.89. The Bertz CT molecular complexity index is 508. The first kappa shape index (κ1) is 18.0. The lowest BCUT2D eigenvalue weighted by Crippen LogP contribution is -2.61. The van der Waals surface area contributed by atoms with Gasteiger partial charge in [0.15, 0.2) is 5.60 Å². The SMILES string of the molecule is C[C@@H]1CCC[C@]23OO[C@@](C)(CCC12)O[C@H]3O/C(=C/CO)C(F)(F)F. The van der Waals surface area contributed by atoms with Gasteiger partial charge in [-0.2, -0.15) is 13.2 Å². The van der Waals surface area contributed by atoms with Gasteiger partial charge in [0.2, 0.25) is 17.8 Å². The molecule has 1 N–H and O–H groups in total. The molecular weight excluding hydrogens is 329 g/mol. The molecule has 2 bridgehead atoms. The number of alkyl halides is 3. The molecule has 0 aromatic carbocycles. The maximum absolute atomic E-state index is 13.2. The fraction of sp³-hybridized carbons (Fsp3) is 0.875. The van der Waals surface area contributed by atoms with E-state index in [1.54, 1.807) is 6.92 Å². The van der Waals surface area contributed by atoms with E-state index in [2.05, 4.69) is 6.92 Å². The number of allylic oxidation sites excluding steroid dienone is 1. The lowest BCUT2D eigenvalue weighted by molar-refractivity contribution is -0.549. The molecule has 5 nitrogen and oxygen atoms in total. The van der Waals surface area contributed by atoms with Gasteiger partial charge in [-0.25, -0.2) is 9.78 Å². The Morgan fingerprint density at radius 3 is 2.71 bits per heavy atom. The maximum Gasteiger partial charge on any atom is 0.448 e. The van der Waals surface area contributed by atoms with Gasteiger partial charge in [0.1, 0.15) is 0 Å². The molecule has 5 atom stereocenters. The fourth-order valence-electron chi connectivity index (χ4n) is 4.12. The highest BCUT2D eigenvalue weighted by molar-refractivity contribution is 5.06. The molecule has 138 valence electrons. The van der Waals surface area contributed by atoms with E-state index in [9.17, 15) is 13.2 Å². The summed E-state index contributed by atoms with van der Waals surface area (Å²) < 4.78 is 50.5. The van der Waals surface area contributed by atoms with Crippen LogP contribution in [0, 0.1) is 11.8 Å². The van der Waals surface area contributed by atoms with Gasteiger partial charge in [-0.15, -0.1) is 0 Å². The molecule has 4 rings (SSSR count). The predicted octanol–water partition coefficient (Wildman–Crippen LogP) is 3.43. The Hall–Kier alpha value is -0.830. The number of aliphatic hydroxyl groups is 1. The molecule has 4 aliphatic rings. The van der Waals surface area contributed by atoms with E-state index in [1.807, 2.05) is 0 Å². The average molecular weight is 352 g/mol. The average Bonchev–Trinajstić information content (AvgIpc) is 2.71. The van der Waals surface area contributed by atoms with Crippen LogP contribution in [0.15, 0.2) is 11.8 Å². The molecule has 4 fully saturated rings. The normalized spacial score (nSPS) is 43.2. The summed E-state index contributed by atoms with van der Waals surface area (Å²) in [4.78, 5) is 11.1. The summed E-state index contributed by atoms with van der Waals surface area (Å²) in [6.45, 7) is 2.94. The number of aliphatic hydroxyl groups excluding tert-OH is 1. The molecule has 0 amide bonds. The molecule has 1 unspecified atom stereocenters. The third-order valence-electron chi connectivity index (χ3n) is 5.37. The summed E-state index contributed by atoms with van der Waals surface area (Å²) in [7, 11) is 0. The Balaban J connectivity index is 1.94. The molecule has 3 heterocycles. The van der Waals surface area contributed by atoms with Crippen LogP contribution in [0.25, 0.3) is 0 Å². The van der Waals surface area contributed by atoms with Crippen LogP contribution in [0.1, 0.15) is 46.0 Å². The number of halogens is 3. The Labute approximate surface area is 138 Å². The summed E-state index contributed by atoms with van der Waals surface area (Å²) in [6.07, 6.45) is -1.80. The van der Waals surface area contributed by atoms with Crippen molar-refractivity contribution < 1.29 is 37.5 Å². The highest BCUT2D eigenvalue weighted by atomic mass is 19.4. The molecule has 24 heavy (non-hydrogen) atoms. The van der Waals surface area contributed by atoms with E-state index < -0.39 is 36.2 Å². The van der Waals surface area contributed by atoms with E-state index in [0.717, 1.165) is 19.3 Å². The fourth-order valence-corrected chi connectivity index (χ4v) is 4.12. The predicted molar refractivity (Wildman–Crippen MR) is 76.2 cm³/mol. The molecule has 8 heteroatoms. The van der Waals surface area contributed by atoms with Crippen molar-refractivity contribution in [2.75, 3.05) is 6.61 Å². The van der Waals surface area contributed by atoms with Crippen LogP contribution in [0.2, 0.25) is 0 Å². The van der Waals surface area contributed by atoms with Gasteiger partial charge in [0.05, 0.1) is 6.61 Å². The summed E-state index contributed by atoms with van der Waals surface area (Å²) in [5.41, 5.74) is -1.06. The van der Waals surface area contributed by atoms with E-state index in [4.69, 9.17) is 24.4 Å². The zero-order valence-electron chi connectivity index (χ0n) is 13.8. The van der Waals surface area contributed by atoms with E-state index in [0.29, 0.717) is 18.9 Å². The number of rotatable bonds is 3. The van der Waals surface area contributed by atoms with Crippen molar-refractivity contribution >= 4 is 0 Å². The van der Waals surface area contributed by atoms with Crippen LogP contribution in [0.3, 0.4) is 0 Å². The minimum atomic E-state index is -4.72. The molecule has 1 spiro atoms. The van der Waals surface area contributed by atoms with E-state index >= 15 is 0 Å². The quantitative estimate of drug-likeness (QED) is 0.623. The third-order valence-corrected chi connectivity index (χ3v) is 5.37. The Morgan fingerprint density at radius 1 is 1.29 bits per heavy atom. The highest BCUT2D eigenvalue weighted by Crippen LogP contribution is 2.54. The van der Waals surface area contributed by atoms with Crippen molar-refractivity contribution in [1.29, 1.82) is 0 Å². The number of fused-ring (bicyclic) bond motifs is 3. The van der Waals surface area contributed by atoms with E-state index in [-0.39, 0.29) is 11.8 Å². The summed E-state index contributed by atoms with van der Waals surface area (Å²) >= 11 is 0. The highest BCUT2D eigenvalue weighted by Gasteiger charge is 2.63. The molecule has 3 saturated heterocycles. The Kier molecular flexibility index (Phi) is 4.61. The summed E-state index contributed by atoms with van der Waals surface area (Å²) in [5.74, 6) is -2.14. The van der Waals surface area contributed by atoms with Gasteiger partial charge in [0, 0.05) is 12.3 Å². The topological polar surface area (TPSA) is 57.2 Å². The van der Waals surface area contributed by atoms with E-state index in [1.165, 1.54) is 0 Å². The van der Waals surface area contributed by atoms with Crippen LogP contribution in [0.4, 0.5) is 13.2 Å². The van der Waals surface area contributed by atoms with Gasteiger partial charge in [-0.05, 0) is 38.2 Å². The molecule has 1 saturated carbocycles. The van der Waals surface area contributed by atoms with Crippen molar-refractivity contribution in [1.82, 2.24) is 0 Å². The first-order valence-electron chi connectivity index (χ1n) is 8.30. The third kappa shape index (κ3) is 3.05. The largest absolute Gasteiger partial charge is 0.457 e. The minimum Gasteiger partial charge on any atom is -0.457 e. The van der Waals surface area contributed by atoms with Crippen LogP contribution in [-0.2, 0) is 19.2 Å². The molecule has 0 aromatic heterocycles. The lowest BCUT2D eigenvalue weighted by Gasteiger charge is -2.50. The van der Waals surface area contributed by atoms with Gasteiger partial charge in [-0.1, -0.05) is 13.3 Å². The number of ether oxygens (including phenoxy) is 2. The van der Waals surface area contributed by atoms with Gasteiger partial charge < -0.3 is 14.6 Å². The smallest absolute Gasteiger partial charge is 0.448 e. The van der Waals surface area contributed by atoms with Crippen LogP contribution in [-0.4, -0.2) is 35.6 Å². The van der Waals surface area contributed by atoms with Crippen LogP contribution >= 0.6 is 0 Å². The van der Waals surface area contributed by atoms with Crippen molar-refractivity contribution in [3.63, 3.8) is 0 Å². The zero-order chi connectivity index (χ0) is 17.6. The first-order chi connectivity index (χ1) is 11.2. The monoisotopic (exact) mass is 352 g/mol. The number of hydrogen-bond acceptors (Lipinski definition) is 5. The minimum absolute atomic E-state index is 0.0100. The van der Waals surface area contributed by atoms with Crippen LogP contribution in [0.5, 0.6) is 0 Å². The van der Waals surface area contributed by atoms with Crippen molar-refractivity contribution in [3.8, 4) is 0 Å². The second-order valence-electron chi connectivity index (χ2n) is 7.09.